The lowest BCUT2D eigenvalue weighted by molar-refractivity contribution is 0.587. The van der Waals surface area contributed by atoms with E-state index < -0.39 is 0 Å². The fraction of sp³-hybridized carbons (Fsp3) is 0.500. The Kier molecular flexibility index (Phi) is 5.60. The normalized spacial score (nSPS) is 13.1. The monoisotopic (exact) mass is 491 g/mol. The van der Waals surface area contributed by atoms with E-state index in [4.69, 9.17) is 0 Å². The lowest BCUT2D eigenvalue weighted by Crippen LogP contribution is -2.12. The van der Waals surface area contributed by atoms with E-state index >= 15 is 0 Å². The molecule has 3 rings (SSSR count). The Labute approximate surface area is 180 Å². The van der Waals surface area contributed by atoms with Crippen molar-refractivity contribution >= 4 is 53.7 Å². The summed E-state index contributed by atoms with van der Waals surface area (Å²) in [5.41, 5.74) is 5.61. The summed E-state index contributed by atoms with van der Waals surface area (Å²) in [5.74, 6) is 0. The van der Waals surface area contributed by atoms with Crippen LogP contribution in [0.5, 0.6) is 0 Å². The zero-order valence-corrected chi connectivity index (χ0v) is 20.8. The first-order valence-corrected chi connectivity index (χ1v) is 11.5. The quantitative estimate of drug-likeness (QED) is 0.344. The van der Waals surface area contributed by atoms with E-state index in [0.29, 0.717) is 0 Å². The number of aryl methyl sites for hydroxylation is 1. The molecule has 27 heavy (non-hydrogen) atoms. The molecule has 0 aliphatic heterocycles. The van der Waals surface area contributed by atoms with Gasteiger partial charge in [-0.2, -0.15) is 0 Å². The molecule has 0 spiro atoms. The smallest absolute Gasteiger partial charge is 0.0647 e. The molecule has 0 N–H and O–H groups in total. The second kappa shape index (κ2) is 7.22. The van der Waals surface area contributed by atoms with Crippen molar-refractivity contribution in [2.24, 2.45) is 0 Å². The predicted octanol–water partition coefficient (Wildman–Crippen LogP) is 8.71. The Morgan fingerprint density at radius 3 is 2.07 bits per heavy atom. The molecule has 0 saturated carbocycles. The summed E-state index contributed by atoms with van der Waals surface area (Å²) in [4.78, 5) is 0. The van der Waals surface area contributed by atoms with Gasteiger partial charge in [0.15, 0.2) is 0 Å². The first kappa shape index (κ1) is 20.9. The van der Waals surface area contributed by atoms with Crippen molar-refractivity contribution in [2.75, 3.05) is 0 Å². The molecule has 0 amide bonds. The van der Waals surface area contributed by atoms with E-state index in [2.05, 4.69) is 109 Å². The number of rotatable bonds is 3. The molecule has 146 valence electrons. The third-order valence-corrected chi connectivity index (χ3v) is 7.57. The van der Waals surface area contributed by atoms with E-state index in [0.717, 1.165) is 6.54 Å². The zero-order chi connectivity index (χ0) is 20.1. The Balaban J connectivity index is 2.46. The van der Waals surface area contributed by atoms with Crippen molar-refractivity contribution in [1.29, 1.82) is 0 Å². The van der Waals surface area contributed by atoms with Crippen LogP contribution in [0.3, 0.4) is 0 Å². The number of hydrogen-bond acceptors (Lipinski definition) is 0. The highest BCUT2D eigenvalue weighted by Crippen LogP contribution is 2.44. The van der Waals surface area contributed by atoms with E-state index in [9.17, 15) is 0 Å². The largest absolute Gasteiger partial charge is 0.340 e. The van der Waals surface area contributed by atoms with Crippen LogP contribution in [-0.4, -0.2) is 4.57 Å². The van der Waals surface area contributed by atoms with Crippen molar-refractivity contribution in [3.05, 3.63) is 44.3 Å². The predicted molar refractivity (Wildman–Crippen MR) is 127 cm³/mol. The van der Waals surface area contributed by atoms with Crippen LogP contribution < -0.4 is 0 Å². The average Bonchev–Trinajstić information content (AvgIpc) is 2.87. The summed E-state index contributed by atoms with van der Waals surface area (Å²) in [7, 11) is 0. The van der Waals surface area contributed by atoms with Gasteiger partial charge in [0.25, 0.3) is 0 Å². The van der Waals surface area contributed by atoms with E-state index in [-0.39, 0.29) is 10.8 Å². The van der Waals surface area contributed by atoms with Crippen LogP contribution in [-0.2, 0) is 17.4 Å². The molecule has 0 fully saturated rings. The SMILES string of the molecule is CCCCn1c2ccc(C(C)(C)C)cc2c2cc(C(C)(C)C)c(Br)c(Br)c21. The molecule has 3 aromatic rings. The molecule has 0 aliphatic carbocycles. The zero-order valence-electron chi connectivity index (χ0n) is 17.6. The second-order valence-corrected chi connectivity index (χ2v) is 11.3. The molecule has 0 atom stereocenters. The first-order valence-electron chi connectivity index (χ1n) is 9.91. The van der Waals surface area contributed by atoms with Gasteiger partial charge in [-0.05, 0) is 78.4 Å². The summed E-state index contributed by atoms with van der Waals surface area (Å²) < 4.78 is 4.86. The molecule has 1 aromatic heterocycles. The molecule has 0 bridgehead atoms. The Morgan fingerprint density at radius 1 is 0.852 bits per heavy atom. The molecule has 0 radical (unpaired) electrons. The van der Waals surface area contributed by atoms with Gasteiger partial charge in [0.1, 0.15) is 0 Å². The average molecular weight is 493 g/mol. The lowest BCUT2D eigenvalue weighted by atomic mass is 9.85. The molecule has 0 aliphatic rings. The lowest BCUT2D eigenvalue weighted by Gasteiger charge is -2.22. The third-order valence-electron chi connectivity index (χ3n) is 5.44. The Morgan fingerprint density at radius 2 is 1.52 bits per heavy atom. The molecular weight excluding hydrogens is 462 g/mol. The highest BCUT2D eigenvalue weighted by atomic mass is 79.9. The van der Waals surface area contributed by atoms with Gasteiger partial charge in [0.05, 0.1) is 9.99 Å². The summed E-state index contributed by atoms with van der Waals surface area (Å²) >= 11 is 7.82. The van der Waals surface area contributed by atoms with E-state index in [1.165, 1.54) is 54.7 Å². The van der Waals surface area contributed by atoms with Gasteiger partial charge in [-0.25, -0.2) is 0 Å². The van der Waals surface area contributed by atoms with Gasteiger partial charge in [0.2, 0.25) is 0 Å². The van der Waals surface area contributed by atoms with Gasteiger partial charge in [-0.3, -0.25) is 0 Å². The number of benzene rings is 2. The Bertz CT molecular complexity index is 998. The highest BCUT2D eigenvalue weighted by Gasteiger charge is 2.24. The summed E-state index contributed by atoms with van der Waals surface area (Å²) in [5, 5.41) is 2.72. The number of aromatic nitrogens is 1. The van der Waals surface area contributed by atoms with Crippen molar-refractivity contribution in [2.45, 2.75) is 78.7 Å². The van der Waals surface area contributed by atoms with Gasteiger partial charge in [0, 0.05) is 27.3 Å². The molecule has 0 saturated heterocycles. The maximum Gasteiger partial charge on any atom is 0.0647 e. The topological polar surface area (TPSA) is 4.93 Å². The number of hydrogen-bond donors (Lipinski definition) is 0. The number of halogens is 2. The van der Waals surface area contributed by atoms with Crippen molar-refractivity contribution < 1.29 is 0 Å². The molecule has 1 nitrogen and oxygen atoms in total. The summed E-state index contributed by atoms with van der Waals surface area (Å²) in [6, 6.07) is 9.44. The van der Waals surface area contributed by atoms with Crippen molar-refractivity contribution in [3.63, 3.8) is 0 Å². The molecular formula is C24H31Br2N. The van der Waals surface area contributed by atoms with Crippen LogP contribution in [0, 0.1) is 0 Å². The first-order chi connectivity index (χ1) is 12.5. The van der Waals surface area contributed by atoms with E-state index in [1.54, 1.807) is 0 Å². The summed E-state index contributed by atoms with van der Waals surface area (Å²) in [6.07, 6.45) is 2.38. The van der Waals surface area contributed by atoms with Gasteiger partial charge < -0.3 is 4.57 Å². The van der Waals surface area contributed by atoms with Gasteiger partial charge >= 0.3 is 0 Å². The van der Waals surface area contributed by atoms with Crippen LogP contribution in [0.1, 0.15) is 72.4 Å². The van der Waals surface area contributed by atoms with Crippen LogP contribution in [0.15, 0.2) is 33.2 Å². The number of unbranched alkanes of at least 4 members (excludes halogenated alkanes) is 1. The van der Waals surface area contributed by atoms with Crippen LogP contribution in [0.25, 0.3) is 21.8 Å². The van der Waals surface area contributed by atoms with Crippen LogP contribution in [0.4, 0.5) is 0 Å². The second-order valence-electron chi connectivity index (χ2n) is 9.69. The molecule has 1 heterocycles. The fourth-order valence-electron chi connectivity index (χ4n) is 3.75. The number of nitrogens with zero attached hydrogens (tertiary/aromatic N) is 1. The molecule has 3 heteroatoms. The maximum absolute atomic E-state index is 3.94. The standard InChI is InChI=1S/C24H31Br2N/c1-8-9-12-27-19-11-10-15(23(2,3)4)13-16(19)17-14-18(24(5,6)7)20(25)21(26)22(17)27/h10-11,13-14H,8-9,12H2,1-7H3. The minimum Gasteiger partial charge on any atom is -0.340 e. The molecule has 0 unspecified atom stereocenters. The highest BCUT2D eigenvalue weighted by molar-refractivity contribution is 9.13. The number of fused-ring (bicyclic) bond motifs is 3. The minimum absolute atomic E-state index is 0.0784. The minimum atomic E-state index is 0.0784. The van der Waals surface area contributed by atoms with E-state index in [1.807, 2.05) is 0 Å². The van der Waals surface area contributed by atoms with Gasteiger partial charge in [-0.1, -0.05) is 61.0 Å². The molecule has 2 aromatic carbocycles. The third kappa shape index (κ3) is 3.74. The maximum atomic E-state index is 3.94. The summed E-state index contributed by atoms with van der Waals surface area (Å²) in [6.45, 7) is 17.0. The van der Waals surface area contributed by atoms with Crippen molar-refractivity contribution in [3.8, 4) is 0 Å². The fourth-order valence-corrected chi connectivity index (χ4v) is 5.29. The Hall–Kier alpha value is -0.800. The van der Waals surface area contributed by atoms with Crippen molar-refractivity contribution in [1.82, 2.24) is 4.57 Å². The van der Waals surface area contributed by atoms with Gasteiger partial charge in [-0.15, -0.1) is 0 Å². The van der Waals surface area contributed by atoms with Crippen LogP contribution in [0.2, 0.25) is 0 Å². The van der Waals surface area contributed by atoms with Crippen LogP contribution >= 0.6 is 31.9 Å².